The molecule has 0 spiro atoms. The standard InChI is InChI=1S/C21H21N3O3/c25-16-4-1-12-8-18(20(26)9-13(12)7-16)19-5-6-21(24-23-19)27-17-10-14-2-3-15(11-17)22-14/h1,4-9,14-15,17,22,25-26H,2-3,10-11H2/t14-,15+,17-. The molecular formula is C21H21N3O3. The number of hydrogen-bond acceptors (Lipinski definition) is 6. The van der Waals surface area contributed by atoms with Crippen molar-refractivity contribution in [3.63, 3.8) is 0 Å². The summed E-state index contributed by atoms with van der Waals surface area (Å²) < 4.78 is 6.04. The van der Waals surface area contributed by atoms with Gasteiger partial charge < -0.3 is 20.3 Å². The molecule has 2 bridgehead atoms. The van der Waals surface area contributed by atoms with E-state index in [1.165, 1.54) is 12.8 Å². The van der Waals surface area contributed by atoms with Gasteiger partial charge in [0.1, 0.15) is 17.6 Å². The number of rotatable bonds is 3. The van der Waals surface area contributed by atoms with Gasteiger partial charge >= 0.3 is 0 Å². The third-order valence-corrected chi connectivity index (χ3v) is 5.57. The van der Waals surface area contributed by atoms with E-state index in [0.29, 0.717) is 29.2 Å². The van der Waals surface area contributed by atoms with Gasteiger partial charge in [0, 0.05) is 23.7 Å². The van der Waals surface area contributed by atoms with E-state index in [1.807, 2.05) is 24.3 Å². The van der Waals surface area contributed by atoms with Crippen molar-refractivity contribution in [2.24, 2.45) is 0 Å². The van der Waals surface area contributed by atoms with Gasteiger partial charge in [-0.3, -0.25) is 0 Å². The van der Waals surface area contributed by atoms with Gasteiger partial charge in [0.2, 0.25) is 5.88 Å². The van der Waals surface area contributed by atoms with Gasteiger partial charge in [-0.05, 0) is 66.8 Å². The average molecular weight is 363 g/mol. The Kier molecular flexibility index (Phi) is 3.86. The molecule has 0 aliphatic carbocycles. The fraction of sp³-hybridized carbons (Fsp3) is 0.333. The van der Waals surface area contributed by atoms with E-state index in [2.05, 4.69) is 15.5 Å². The minimum atomic E-state index is 0.103. The van der Waals surface area contributed by atoms with E-state index in [4.69, 9.17) is 4.74 Å². The van der Waals surface area contributed by atoms with Crippen LogP contribution in [0.5, 0.6) is 17.4 Å². The molecule has 3 heterocycles. The number of phenols is 2. The SMILES string of the molecule is Oc1ccc2cc(-c3ccc(O[C@@H]4C[C@H]5CC[C@@H](C4)N5)nn3)c(O)cc2c1. The molecule has 2 aliphatic heterocycles. The maximum Gasteiger partial charge on any atom is 0.233 e. The van der Waals surface area contributed by atoms with Gasteiger partial charge in [-0.2, -0.15) is 0 Å². The zero-order valence-electron chi connectivity index (χ0n) is 14.8. The summed E-state index contributed by atoms with van der Waals surface area (Å²) in [6, 6.07) is 13.3. The van der Waals surface area contributed by atoms with E-state index in [9.17, 15) is 10.2 Å². The van der Waals surface area contributed by atoms with Crippen LogP contribution in [0.1, 0.15) is 25.7 Å². The molecule has 1 aromatic heterocycles. The third-order valence-electron chi connectivity index (χ3n) is 5.57. The lowest BCUT2D eigenvalue weighted by Gasteiger charge is -2.28. The van der Waals surface area contributed by atoms with Crippen molar-refractivity contribution in [1.82, 2.24) is 15.5 Å². The van der Waals surface area contributed by atoms with Gasteiger partial charge in [0.25, 0.3) is 0 Å². The Bertz CT molecular complexity index is 978. The molecule has 138 valence electrons. The maximum absolute atomic E-state index is 10.4. The van der Waals surface area contributed by atoms with Gasteiger partial charge in [-0.1, -0.05) is 6.07 Å². The van der Waals surface area contributed by atoms with E-state index >= 15 is 0 Å². The quantitative estimate of drug-likeness (QED) is 0.661. The molecule has 27 heavy (non-hydrogen) atoms. The highest BCUT2D eigenvalue weighted by Gasteiger charge is 2.34. The molecule has 3 atom stereocenters. The van der Waals surface area contributed by atoms with Gasteiger partial charge in [-0.15, -0.1) is 10.2 Å². The molecule has 3 N–H and O–H groups in total. The topological polar surface area (TPSA) is 87.5 Å². The van der Waals surface area contributed by atoms with Crippen LogP contribution in [0.3, 0.4) is 0 Å². The molecule has 2 aliphatic rings. The van der Waals surface area contributed by atoms with Crippen molar-refractivity contribution >= 4 is 10.8 Å². The van der Waals surface area contributed by atoms with Crippen LogP contribution in [-0.2, 0) is 0 Å². The second-order valence-corrected chi connectivity index (χ2v) is 7.51. The second kappa shape index (κ2) is 6.39. The Labute approximate surface area is 156 Å². The summed E-state index contributed by atoms with van der Waals surface area (Å²) in [5.41, 5.74) is 1.19. The lowest BCUT2D eigenvalue weighted by atomic mass is 10.0. The van der Waals surface area contributed by atoms with Crippen molar-refractivity contribution < 1.29 is 14.9 Å². The summed E-state index contributed by atoms with van der Waals surface area (Å²) in [6.45, 7) is 0. The molecule has 6 nitrogen and oxygen atoms in total. The summed E-state index contributed by atoms with van der Waals surface area (Å²) in [7, 11) is 0. The molecule has 6 heteroatoms. The third kappa shape index (κ3) is 3.17. The highest BCUT2D eigenvalue weighted by molar-refractivity contribution is 5.90. The number of benzene rings is 2. The lowest BCUT2D eigenvalue weighted by Crippen LogP contribution is -2.42. The summed E-state index contributed by atoms with van der Waals surface area (Å²) in [6.07, 6.45) is 4.67. The zero-order chi connectivity index (χ0) is 18.4. The molecule has 2 aromatic carbocycles. The number of aromatic hydroxyl groups is 2. The van der Waals surface area contributed by atoms with Crippen LogP contribution in [0.2, 0.25) is 0 Å². The Morgan fingerprint density at radius 1 is 0.889 bits per heavy atom. The molecule has 0 amide bonds. The first-order valence-corrected chi connectivity index (χ1v) is 9.36. The summed E-state index contributed by atoms with van der Waals surface area (Å²) in [5, 5.41) is 33.7. The summed E-state index contributed by atoms with van der Waals surface area (Å²) >= 11 is 0. The molecule has 2 fully saturated rings. The van der Waals surface area contributed by atoms with Crippen molar-refractivity contribution in [1.29, 1.82) is 0 Å². The van der Waals surface area contributed by atoms with E-state index < -0.39 is 0 Å². The minimum Gasteiger partial charge on any atom is -0.508 e. The smallest absolute Gasteiger partial charge is 0.233 e. The first-order valence-electron chi connectivity index (χ1n) is 9.36. The van der Waals surface area contributed by atoms with Crippen LogP contribution < -0.4 is 10.1 Å². The van der Waals surface area contributed by atoms with Gasteiger partial charge in [-0.25, -0.2) is 0 Å². The van der Waals surface area contributed by atoms with Crippen molar-refractivity contribution in [3.05, 3.63) is 42.5 Å². The van der Waals surface area contributed by atoms with Crippen LogP contribution in [0, 0.1) is 0 Å². The van der Waals surface area contributed by atoms with Crippen LogP contribution in [0.4, 0.5) is 0 Å². The normalized spacial score (nSPS) is 24.2. The number of aromatic nitrogens is 2. The number of ether oxygens (including phenoxy) is 1. The molecule has 3 aromatic rings. The second-order valence-electron chi connectivity index (χ2n) is 7.51. The Balaban J connectivity index is 1.37. The van der Waals surface area contributed by atoms with Gasteiger partial charge in [0.05, 0.1) is 5.69 Å². The van der Waals surface area contributed by atoms with Crippen molar-refractivity contribution in [3.8, 4) is 28.6 Å². The molecule has 0 saturated carbocycles. The fourth-order valence-electron chi connectivity index (χ4n) is 4.28. The van der Waals surface area contributed by atoms with Crippen molar-refractivity contribution in [2.75, 3.05) is 0 Å². The predicted molar refractivity (Wildman–Crippen MR) is 102 cm³/mol. The van der Waals surface area contributed by atoms with E-state index in [0.717, 1.165) is 23.6 Å². The number of nitrogens with one attached hydrogen (secondary N) is 1. The number of fused-ring (bicyclic) bond motifs is 3. The fourth-order valence-corrected chi connectivity index (χ4v) is 4.28. The summed E-state index contributed by atoms with van der Waals surface area (Å²) in [5.74, 6) is 0.795. The van der Waals surface area contributed by atoms with Gasteiger partial charge in [0.15, 0.2) is 0 Å². The van der Waals surface area contributed by atoms with Crippen molar-refractivity contribution in [2.45, 2.75) is 43.9 Å². The lowest BCUT2D eigenvalue weighted by molar-refractivity contribution is 0.130. The Morgan fingerprint density at radius 3 is 2.44 bits per heavy atom. The Hall–Kier alpha value is -2.86. The molecule has 2 saturated heterocycles. The van der Waals surface area contributed by atoms with Crippen LogP contribution in [0.25, 0.3) is 22.0 Å². The average Bonchev–Trinajstić information content (AvgIpc) is 3.00. The Morgan fingerprint density at radius 2 is 1.70 bits per heavy atom. The minimum absolute atomic E-state index is 0.103. The number of phenolic OH excluding ortho intramolecular Hbond substituents is 2. The number of piperidine rings is 1. The maximum atomic E-state index is 10.4. The highest BCUT2D eigenvalue weighted by atomic mass is 16.5. The van der Waals surface area contributed by atoms with E-state index in [1.54, 1.807) is 18.2 Å². The monoisotopic (exact) mass is 363 g/mol. The molecule has 5 rings (SSSR count). The largest absolute Gasteiger partial charge is 0.508 e. The first-order chi connectivity index (χ1) is 13.1. The van der Waals surface area contributed by atoms with Crippen LogP contribution in [0.15, 0.2) is 42.5 Å². The number of hydrogen-bond donors (Lipinski definition) is 3. The van der Waals surface area contributed by atoms with Crippen LogP contribution in [-0.4, -0.2) is 38.6 Å². The summed E-state index contributed by atoms with van der Waals surface area (Å²) in [4.78, 5) is 0. The first kappa shape index (κ1) is 16.3. The van der Waals surface area contributed by atoms with E-state index in [-0.39, 0.29) is 17.6 Å². The predicted octanol–water partition coefficient (Wildman–Crippen LogP) is 3.37. The highest BCUT2D eigenvalue weighted by Crippen LogP contribution is 2.34. The zero-order valence-corrected chi connectivity index (χ0v) is 14.8. The molecule has 0 radical (unpaired) electrons. The van der Waals surface area contributed by atoms with Crippen LogP contribution >= 0.6 is 0 Å². The number of nitrogens with zero attached hydrogens (tertiary/aromatic N) is 2. The molecule has 0 unspecified atom stereocenters. The molecular weight excluding hydrogens is 342 g/mol.